The van der Waals surface area contributed by atoms with Crippen LogP contribution in [0.5, 0.6) is 0 Å². The molecule has 8 rings (SSSR count). The smallest absolute Gasteiger partial charge is 0.228 e. The van der Waals surface area contributed by atoms with Crippen molar-refractivity contribution >= 4 is 65.6 Å². The number of hydrogen-bond acceptors (Lipinski definition) is 1. The van der Waals surface area contributed by atoms with Gasteiger partial charge in [-0.05, 0) is 55.0 Å². The second kappa shape index (κ2) is 8.24. The van der Waals surface area contributed by atoms with Gasteiger partial charge in [-0.25, -0.2) is 0 Å². The first-order valence-corrected chi connectivity index (χ1v) is 13.4. The fourth-order valence-electron chi connectivity index (χ4n) is 6.27. The van der Waals surface area contributed by atoms with Crippen molar-refractivity contribution in [2.75, 3.05) is 0 Å². The Bertz CT molecular complexity index is 2360. The zero-order chi connectivity index (χ0) is 26.1. The highest BCUT2D eigenvalue weighted by atomic mass is 16.3. The minimum atomic E-state index is 0.863. The van der Waals surface area contributed by atoms with Crippen LogP contribution in [0.25, 0.3) is 65.6 Å². The van der Waals surface area contributed by atoms with E-state index in [-0.39, 0.29) is 0 Å². The molecule has 4 heterocycles. The number of benzene rings is 4. The number of nitrogens with zero attached hydrogens (tertiary/aromatic N) is 2. The lowest BCUT2D eigenvalue weighted by atomic mass is 10.0. The van der Waals surface area contributed by atoms with E-state index in [2.05, 4.69) is 138 Å². The Labute approximate surface area is 225 Å². The predicted octanol–water partition coefficient (Wildman–Crippen LogP) is 8.26. The number of aromatic nitrogens is 2. The summed E-state index contributed by atoms with van der Waals surface area (Å²) in [5.41, 5.74) is 8.79. The molecule has 8 aromatic rings. The highest BCUT2D eigenvalue weighted by Gasteiger charge is 2.23. The molecule has 184 valence electrons. The Kier molecular flexibility index (Phi) is 4.65. The normalized spacial score (nSPS) is 11.8. The van der Waals surface area contributed by atoms with Crippen LogP contribution in [0.1, 0.15) is 11.1 Å². The summed E-state index contributed by atoms with van der Waals surface area (Å²) in [6.07, 6.45) is 4.44. The summed E-state index contributed by atoms with van der Waals surface area (Å²) in [5.74, 6) is 0. The third-order valence-electron chi connectivity index (χ3n) is 7.97. The maximum absolute atomic E-state index is 6.72. The maximum atomic E-state index is 6.72. The number of pyridine rings is 2. The zero-order valence-electron chi connectivity index (χ0n) is 21.8. The molecule has 0 unspecified atom stereocenters. The van der Waals surface area contributed by atoms with Crippen molar-refractivity contribution < 1.29 is 13.2 Å². The Balaban J connectivity index is 1.85. The number of rotatable bonds is 0. The Morgan fingerprint density at radius 2 is 1.18 bits per heavy atom. The van der Waals surface area contributed by atoms with Crippen molar-refractivity contribution in [2.45, 2.75) is 13.8 Å². The van der Waals surface area contributed by atoms with Gasteiger partial charge in [0, 0.05) is 46.2 Å². The van der Waals surface area contributed by atoms with Crippen LogP contribution < -0.4 is 8.80 Å². The molecule has 0 radical (unpaired) electrons. The second-order valence-electron chi connectivity index (χ2n) is 10.4. The first-order chi connectivity index (χ1) is 19.2. The fraction of sp³-hybridized carbons (Fsp3) is 0.0556. The first kappa shape index (κ1) is 22.0. The standard InChI is InChI=1S/C36H26N2O/c1-23-17-18-31-35-30(37-21-9-10-24(2)36(37)28-14-5-7-15-29(28)38(31)22-23)19-20-33-34(35)27-13-4-3-11-25(27)26-12-6-8-16-32(26)39-33/h3-22H,1-2H3/q+2. The summed E-state index contributed by atoms with van der Waals surface area (Å²) in [6, 6.07) is 38.9. The topological polar surface area (TPSA) is 21.3 Å². The molecule has 3 nitrogen and oxygen atoms in total. The molecule has 0 atom stereocenters. The van der Waals surface area contributed by atoms with Crippen LogP contribution in [0.2, 0.25) is 0 Å². The van der Waals surface area contributed by atoms with Gasteiger partial charge in [-0.1, -0.05) is 54.6 Å². The third kappa shape index (κ3) is 3.17. The molecule has 3 heteroatoms. The largest absolute Gasteiger partial charge is 0.456 e. The Morgan fingerprint density at radius 1 is 0.487 bits per heavy atom. The number of hydrogen-bond donors (Lipinski definition) is 0. The maximum Gasteiger partial charge on any atom is 0.228 e. The molecular weight excluding hydrogens is 476 g/mol. The molecule has 0 spiro atoms. The molecule has 0 aliphatic rings. The quantitative estimate of drug-likeness (QED) is 0.191. The van der Waals surface area contributed by atoms with E-state index in [9.17, 15) is 0 Å². The lowest BCUT2D eigenvalue weighted by molar-refractivity contribution is -0.488. The molecule has 0 amide bonds. The molecule has 0 aliphatic heterocycles. The Hall–Kier alpha value is -5.02. The average Bonchev–Trinajstić information content (AvgIpc) is 3.11. The van der Waals surface area contributed by atoms with Gasteiger partial charge in [-0.2, -0.15) is 8.80 Å². The van der Waals surface area contributed by atoms with Gasteiger partial charge in [0.05, 0.1) is 0 Å². The lowest BCUT2D eigenvalue weighted by Gasteiger charge is -2.05. The molecule has 0 aliphatic carbocycles. The second-order valence-corrected chi connectivity index (χ2v) is 10.4. The van der Waals surface area contributed by atoms with E-state index < -0.39 is 0 Å². The van der Waals surface area contributed by atoms with E-state index in [1.165, 1.54) is 32.8 Å². The average molecular weight is 503 g/mol. The summed E-state index contributed by atoms with van der Waals surface area (Å²) in [6.45, 7) is 4.36. The molecule has 0 saturated carbocycles. The van der Waals surface area contributed by atoms with Crippen LogP contribution in [-0.4, -0.2) is 0 Å². The third-order valence-corrected chi connectivity index (χ3v) is 7.97. The summed E-state index contributed by atoms with van der Waals surface area (Å²) in [4.78, 5) is 0. The van der Waals surface area contributed by atoms with Gasteiger partial charge in [-0.15, -0.1) is 0 Å². The Morgan fingerprint density at radius 3 is 2.05 bits per heavy atom. The molecule has 4 aromatic carbocycles. The summed E-state index contributed by atoms with van der Waals surface area (Å²) < 4.78 is 11.4. The van der Waals surface area contributed by atoms with Gasteiger partial charge in [0.2, 0.25) is 22.1 Å². The first-order valence-electron chi connectivity index (χ1n) is 13.4. The molecular formula is C36H26N2O+2. The minimum absolute atomic E-state index is 0.863. The van der Waals surface area contributed by atoms with Crippen molar-refractivity contribution in [1.29, 1.82) is 0 Å². The van der Waals surface area contributed by atoms with Crippen LogP contribution in [0.4, 0.5) is 0 Å². The molecule has 0 bridgehead atoms. The van der Waals surface area contributed by atoms with E-state index in [4.69, 9.17) is 4.42 Å². The van der Waals surface area contributed by atoms with Crippen LogP contribution in [0.3, 0.4) is 0 Å². The van der Waals surface area contributed by atoms with Gasteiger partial charge in [0.15, 0.2) is 12.4 Å². The molecule has 4 aromatic heterocycles. The van der Waals surface area contributed by atoms with E-state index in [1.807, 2.05) is 6.07 Å². The summed E-state index contributed by atoms with van der Waals surface area (Å²) in [7, 11) is 0. The monoisotopic (exact) mass is 502 g/mol. The van der Waals surface area contributed by atoms with Crippen molar-refractivity contribution in [3.63, 3.8) is 0 Å². The highest BCUT2D eigenvalue weighted by molar-refractivity contribution is 6.24. The van der Waals surface area contributed by atoms with Crippen LogP contribution in [-0.2, 0) is 0 Å². The van der Waals surface area contributed by atoms with Crippen LogP contribution in [0, 0.1) is 13.8 Å². The van der Waals surface area contributed by atoms with E-state index in [0.717, 1.165) is 43.9 Å². The SMILES string of the molecule is Cc1ccc2c3c4c(ccc3[n+]3cccc(C)c3c3ccccc3[n+]2c1)oc1ccccc1c1ccccc14. The van der Waals surface area contributed by atoms with Crippen molar-refractivity contribution in [3.05, 3.63) is 133 Å². The van der Waals surface area contributed by atoms with Crippen molar-refractivity contribution in [2.24, 2.45) is 0 Å². The van der Waals surface area contributed by atoms with E-state index in [1.54, 1.807) is 0 Å². The molecule has 0 fully saturated rings. The van der Waals surface area contributed by atoms with Crippen LogP contribution >= 0.6 is 0 Å². The summed E-state index contributed by atoms with van der Waals surface area (Å²) >= 11 is 0. The predicted molar refractivity (Wildman–Crippen MR) is 160 cm³/mol. The lowest BCUT2D eigenvalue weighted by Crippen LogP contribution is -2.28. The summed E-state index contributed by atoms with van der Waals surface area (Å²) in [5, 5.41) is 6.92. The fourth-order valence-corrected chi connectivity index (χ4v) is 6.27. The van der Waals surface area contributed by atoms with Gasteiger partial charge in [0.25, 0.3) is 0 Å². The van der Waals surface area contributed by atoms with E-state index >= 15 is 0 Å². The molecule has 0 N–H and O–H groups in total. The minimum Gasteiger partial charge on any atom is -0.456 e. The van der Waals surface area contributed by atoms with Crippen molar-refractivity contribution in [1.82, 2.24) is 0 Å². The number of fused-ring (bicyclic) bond motifs is 14. The number of aryl methyl sites for hydroxylation is 2. The highest BCUT2D eigenvalue weighted by Crippen LogP contribution is 2.36. The number of para-hydroxylation sites is 2. The van der Waals surface area contributed by atoms with Gasteiger partial charge < -0.3 is 4.42 Å². The van der Waals surface area contributed by atoms with E-state index in [0.29, 0.717) is 0 Å². The molecule has 0 saturated heterocycles. The van der Waals surface area contributed by atoms with Gasteiger partial charge in [0.1, 0.15) is 21.9 Å². The van der Waals surface area contributed by atoms with Gasteiger partial charge in [-0.3, -0.25) is 0 Å². The van der Waals surface area contributed by atoms with Crippen LogP contribution in [0.15, 0.2) is 126 Å². The zero-order valence-corrected chi connectivity index (χ0v) is 21.8. The van der Waals surface area contributed by atoms with Crippen molar-refractivity contribution in [3.8, 4) is 0 Å². The van der Waals surface area contributed by atoms with Gasteiger partial charge >= 0.3 is 0 Å². The molecule has 39 heavy (non-hydrogen) atoms.